The van der Waals surface area contributed by atoms with Crippen LogP contribution in [-0.2, 0) is 0 Å². The van der Waals surface area contributed by atoms with Crippen LogP contribution >= 0.6 is 0 Å². The summed E-state index contributed by atoms with van der Waals surface area (Å²) in [5.74, 6) is 0. The van der Waals surface area contributed by atoms with Crippen molar-refractivity contribution in [1.82, 2.24) is 0 Å². The summed E-state index contributed by atoms with van der Waals surface area (Å²) in [7, 11) is 0. The van der Waals surface area contributed by atoms with Crippen molar-refractivity contribution in [3.8, 4) is 0 Å². The average Bonchev–Trinajstić information content (AvgIpc) is 2.44. The molecule has 2 nitrogen and oxygen atoms in total. The summed E-state index contributed by atoms with van der Waals surface area (Å²) in [4.78, 5) is 0. The third-order valence-corrected chi connectivity index (χ3v) is 3.84. The highest BCUT2D eigenvalue weighted by Crippen LogP contribution is 2.28. The predicted octanol–water partition coefficient (Wildman–Crippen LogP) is 4.22. The number of rotatable bonds is 5. The van der Waals surface area contributed by atoms with E-state index >= 15 is 0 Å². The second kappa shape index (κ2) is 6.76. The largest absolute Gasteiger partial charge is 0.388 e. The molecule has 1 aliphatic rings. The fourth-order valence-corrected chi connectivity index (χ4v) is 2.66. The molecule has 19 heavy (non-hydrogen) atoms. The normalized spacial score (nSPS) is 18.6. The Morgan fingerprint density at radius 3 is 2.79 bits per heavy atom. The number of benzene rings is 1. The first kappa shape index (κ1) is 14.1. The van der Waals surface area contributed by atoms with E-state index in [2.05, 4.69) is 48.7 Å². The van der Waals surface area contributed by atoms with Crippen LogP contribution in [0.2, 0.25) is 0 Å². The van der Waals surface area contributed by atoms with Crippen LogP contribution < -0.4 is 5.32 Å². The maximum absolute atomic E-state index is 10.5. The lowest BCUT2D eigenvalue weighted by atomic mass is 9.85. The van der Waals surface area contributed by atoms with Gasteiger partial charge >= 0.3 is 0 Å². The van der Waals surface area contributed by atoms with E-state index in [-0.39, 0.29) is 0 Å². The van der Waals surface area contributed by atoms with Gasteiger partial charge in [0.15, 0.2) is 0 Å². The summed E-state index contributed by atoms with van der Waals surface area (Å²) >= 11 is 0. The van der Waals surface area contributed by atoms with E-state index in [9.17, 15) is 5.11 Å². The van der Waals surface area contributed by atoms with Gasteiger partial charge in [-0.15, -0.1) is 0 Å². The highest BCUT2D eigenvalue weighted by molar-refractivity contribution is 5.57. The monoisotopic (exact) mass is 259 g/mol. The molecule has 0 aromatic heterocycles. The summed E-state index contributed by atoms with van der Waals surface area (Å²) in [5, 5.41) is 13.9. The molecule has 1 aromatic rings. The van der Waals surface area contributed by atoms with Crippen molar-refractivity contribution in [2.24, 2.45) is 0 Å². The first-order chi connectivity index (χ1) is 9.22. The van der Waals surface area contributed by atoms with Gasteiger partial charge in [0.05, 0.1) is 5.60 Å². The van der Waals surface area contributed by atoms with Crippen molar-refractivity contribution < 1.29 is 5.11 Å². The number of allylic oxidation sites excluding steroid dienone is 1. The van der Waals surface area contributed by atoms with Gasteiger partial charge in [-0.2, -0.15) is 0 Å². The fourth-order valence-electron chi connectivity index (χ4n) is 2.66. The molecule has 2 N–H and O–H groups in total. The van der Waals surface area contributed by atoms with Gasteiger partial charge in [0, 0.05) is 12.2 Å². The molecule has 1 aromatic carbocycles. The molecule has 1 saturated carbocycles. The maximum Gasteiger partial charge on any atom is 0.0819 e. The summed E-state index contributed by atoms with van der Waals surface area (Å²) in [6.45, 7) is 2.80. The Morgan fingerprint density at radius 1 is 1.26 bits per heavy atom. The smallest absolute Gasteiger partial charge is 0.0819 e. The van der Waals surface area contributed by atoms with Crippen molar-refractivity contribution in [3.63, 3.8) is 0 Å². The molecule has 1 fully saturated rings. The summed E-state index contributed by atoms with van der Waals surface area (Å²) < 4.78 is 0. The van der Waals surface area contributed by atoms with Gasteiger partial charge in [0.2, 0.25) is 0 Å². The molecule has 0 aliphatic heterocycles. The third kappa shape index (κ3) is 4.39. The molecule has 0 amide bonds. The van der Waals surface area contributed by atoms with E-state index < -0.39 is 5.60 Å². The van der Waals surface area contributed by atoms with Crippen LogP contribution in [0.4, 0.5) is 5.69 Å². The van der Waals surface area contributed by atoms with Gasteiger partial charge in [0.25, 0.3) is 0 Å². The molecule has 0 unspecified atom stereocenters. The zero-order chi connectivity index (χ0) is 13.6. The van der Waals surface area contributed by atoms with Crippen LogP contribution in [0.3, 0.4) is 0 Å². The third-order valence-electron chi connectivity index (χ3n) is 3.84. The van der Waals surface area contributed by atoms with Crippen LogP contribution in [0.25, 0.3) is 6.08 Å². The SMILES string of the molecule is CC/C=C/c1cccc(NCC2(O)CCCCC2)c1. The highest BCUT2D eigenvalue weighted by atomic mass is 16.3. The molecular formula is C17H25NO. The van der Waals surface area contributed by atoms with Crippen LogP contribution in [0, 0.1) is 0 Å². The molecule has 0 radical (unpaired) electrons. The van der Waals surface area contributed by atoms with Crippen molar-refractivity contribution in [2.75, 3.05) is 11.9 Å². The molecule has 0 atom stereocenters. The summed E-state index contributed by atoms with van der Waals surface area (Å²) in [6.07, 6.45) is 10.8. The first-order valence-corrected chi connectivity index (χ1v) is 7.45. The lowest BCUT2D eigenvalue weighted by Gasteiger charge is -2.32. The molecular weight excluding hydrogens is 234 g/mol. The van der Waals surface area contributed by atoms with E-state index in [1.165, 1.54) is 12.0 Å². The van der Waals surface area contributed by atoms with Crippen LogP contribution in [0.1, 0.15) is 51.0 Å². The summed E-state index contributed by atoms with van der Waals surface area (Å²) in [5.41, 5.74) is 1.80. The minimum Gasteiger partial charge on any atom is -0.388 e. The van der Waals surface area contributed by atoms with E-state index in [0.717, 1.165) is 37.8 Å². The van der Waals surface area contributed by atoms with Gasteiger partial charge in [-0.3, -0.25) is 0 Å². The van der Waals surface area contributed by atoms with E-state index in [4.69, 9.17) is 0 Å². The van der Waals surface area contributed by atoms with Crippen LogP contribution in [0.15, 0.2) is 30.3 Å². The van der Waals surface area contributed by atoms with Crippen molar-refractivity contribution in [3.05, 3.63) is 35.9 Å². The van der Waals surface area contributed by atoms with Gasteiger partial charge in [-0.05, 0) is 37.0 Å². The average molecular weight is 259 g/mol. The Labute approximate surface area is 116 Å². The Bertz CT molecular complexity index is 419. The Balaban J connectivity index is 1.93. The number of anilines is 1. The van der Waals surface area contributed by atoms with Gasteiger partial charge < -0.3 is 10.4 Å². The molecule has 1 aliphatic carbocycles. The fraction of sp³-hybridized carbons (Fsp3) is 0.529. The Morgan fingerprint density at radius 2 is 2.05 bits per heavy atom. The van der Waals surface area contributed by atoms with Crippen LogP contribution in [0.5, 0.6) is 0 Å². The topological polar surface area (TPSA) is 32.3 Å². The molecule has 104 valence electrons. The van der Waals surface area contributed by atoms with Gasteiger partial charge in [-0.25, -0.2) is 0 Å². The van der Waals surface area contributed by atoms with Gasteiger partial charge in [0.1, 0.15) is 0 Å². The number of hydrogen-bond donors (Lipinski definition) is 2. The van der Waals surface area contributed by atoms with Gasteiger partial charge in [-0.1, -0.05) is 50.5 Å². The quantitative estimate of drug-likeness (QED) is 0.830. The number of nitrogens with one attached hydrogen (secondary N) is 1. The van der Waals surface area contributed by atoms with Crippen molar-refractivity contribution >= 4 is 11.8 Å². The van der Waals surface area contributed by atoms with E-state index in [1.54, 1.807) is 0 Å². The highest BCUT2D eigenvalue weighted by Gasteiger charge is 2.28. The molecule has 0 heterocycles. The molecule has 2 rings (SSSR count). The van der Waals surface area contributed by atoms with Crippen molar-refractivity contribution in [2.45, 2.75) is 51.0 Å². The second-order valence-electron chi connectivity index (χ2n) is 5.57. The Hall–Kier alpha value is -1.28. The molecule has 0 spiro atoms. The lowest BCUT2D eigenvalue weighted by Crippen LogP contribution is -2.38. The number of hydrogen-bond acceptors (Lipinski definition) is 2. The lowest BCUT2D eigenvalue weighted by molar-refractivity contribution is 0.0167. The first-order valence-electron chi connectivity index (χ1n) is 7.45. The predicted molar refractivity (Wildman–Crippen MR) is 82.3 cm³/mol. The molecule has 2 heteroatoms. The Kier molecular flexibility index (Phi) is 5.03. The number of aliphatic hydroxyl groups is 1. The zero-order valence-corrected chi connectivity index (χ0v) is 11.9. The van der Waals surface area contributed by atoms with Crippen LogP contribution in [-0.4, -0.2) is 17.3 Å². The van der Waals surface area contributed by atoms with Crippen molar-refractivity contribution in [1.29, 1.82) is 0 Å². The summed E-state index contributed by atoms with van der Waals surface area (Å²) in [6, 6.07) is 8.36. The van der Waals surface area contributed by atoms with E-state index in [0.29, 0.717) is 6.54 Å². The molecule has 0 bridgehead atoms. The molecule has 0 saturated heterocycles. The second-order valence-corrected chi connectivity index (χ2v) is 5.57. The van der Waals surface area contributed by atoms with E-state index in [1.807, 2.05) is 0 Å². The standard InChI is InChI=1S/C17H25NO/c1-2-3-8-15-9-7-10-16(13-15)18-14-17(19)11-5-4-6-12-17/h3,7-10,13,18-19H,2,4-6,11-12,14H2,1H3/b8-3+. The minimum atomic E-state index is -0.506. The maximum atomic E-state index is 10.5. The minimum absolute atomic E-state index is 0.506. The zero-order valence-electron chi connectivity index (χ0n) is 11.9.